The standard InChI is InChI=1S/C18H28N2O3/c1-7-14(18(5,6)15(19)21)20(13-11-9-8-10-12-13)16(22)23-17(2,3)4/h8-12,14H,7H2,1-6H3,(H2,19,21)/t14-/m1/s1. The summed E-state index contributed by atoms with van der Waals surface area (Å²) in [6, 6.07) is 8.80. The van der Waals surface area contributed by atoms with Crippen LogP contribution in [-0.2, 0) is 9.53 Å². The molecule has 1 aromatic carbocycles. The largest absolute Gasteiger partial charge is 0.443 e. The number of carbonyl (C=O) groups is 2. The monoisotopic (exact) mass is 320 g/mol. The summed E-state index contributed by atoms with van der Waals surface area (Å²) in [4.78, 5) is 26.2. The fourth-order valence-corrected chi connectivity index (χ4v) is 2.49. The Kier molecular flexibility index (Phi) is 5.81. The molecule has 0 unspecified atom stereocenters. The number of nitrogens with zero attached hydrogens (tertiary/aromatic N) is 1. The van der Waals surface area contributed by atoms with E-state index in [1.54, 1.807) is 13.8 Å². The normalized spacial score (nSPS) is 13.3. The maximum atomic E-state index is 12.8. The Morgan fingerprint density at radius 2 is 1.65 bits per heavy atom. The van der Waals surface area contributed by atoms with Crippen LogP contribution in [-0.4, -0.2) is 23.6 Å². The zero-order valence-corrected chi connectivity index (χ0v) is 14.9. The molecular formula is C18H28N2O3. The van der Waals surface area contributed by atoms with Crippen molar-refractivity contribution in [3.8, 4) is 0 Å². The lowest BCUT2D eigenvalue weighted by Gasteiger charge is -2.40. The average molecular weight is 320 g/mol. The number of nitrogens with two attached hydrogens (primary N) is 1. The number of primary amides is 1. The highest BCUT2D eigenvalue weighted by Gasteiger charge is 2.41. The number of anilines is 1. The number of ether oxygens (including phenoxy) is 1. The third-order valence-corrected chi connectivity index (χ3v) is 3.79. The molecule has 1 aromatic rings. The van der Waals surface area contributed by atoms with E-state index >= 15 is 0 Å². The number of para-hydroxylation sites is 1. The smallest absolute Gasteiger partial charge is 0.415 e. The molecule has 0 radical (unpaired) electrons. The van der Waals surface area contributed by atoms with Gasteiger partial charge in [0.1, 0.15) is 5.60 Å². The molecule has 0 aliphatic heterocycles. The zero-order chi connectivity index (χ0) is 17.8. The van der Waals surface area contributed by atoms with Crippen molar-refractivity contribution in [2.24, 2.45) is 11.1 Å². The second-order valence-electron chi connectivity index (χ2n) is 7.20. The van der Waals surface area contributed by atoms with Crippen molar-refractivity contribution in [2.45, 2.75) is 59.6 Å². The van der Waals surface area contributed by atoms with E-state index in [1.165, 1.54) is 4.90 Å². The van der Waals surface area contributed by atoms with Crippen LogP contribution < -0.4 is 10.6 Å². The SMILES string of the molecule is CC[C@@H](N(C(=O)OC(C)(C)C)c1ccccc1)C(C)(C)C(N)=O. The predicted octanol–water partition coefficient (Wildman–Crippen LogP) is 3.72. The number of rotatable bonds is 5. The lowest BCUT2D eigenvalue weighted by atomic mass is 9.81. The first-order chi connectivity index (χ1) is 10.5. The quantitative estimate of drug-likeness (QED) is 0.898. The Morgan fingerprint density at radius 3 is 2.04 bits per heavy atom. The van der Waals surface area contributed by atoms with E-state index in [-0.39, 0.29) is 0 Å². The van der Waals surface area contributed by atoms with E-state index in [4.69, 9.17) is 10.5 Å². The number of carbonyl (C=O) groups excluding carboxylic acids is 2. The van der Waals surface area contributed by atoms with Gasteiger partial charge in [0.2, 0.25) is 5.91 Å². The Balaban J connectivity index is 3.33. The van der Waals surface area contributed by atoms with Gasteiger partial charge in [0.05, 0.1) is 11.5 Å². The Bertz CT molecular complexity index is 547. The van der Waals surface area contributed by atoms with E-state index in [9.17, 15) is 9.59 Å². The summed E-state index contributed by atoms with van der Waals surface area (Å²) in [6.07, 6.45) is 0.0919. The highest BCUT2D eigenvalue weighted by atomic mass is 16.6. The molecule has 0 fully saturated rings. The van der Waals surface area contributed by atoms with Crippen LogP contribution in [0.5, 0.6) is 0 Å². The molecule has 0 aliphatic rings. The second-order valence-corrected chi connectivity index (χ2v) is 7.20. The van der Waals surface area contributed by atoms with Gasteiger partial charge in [-0.25, -0.2) is 4.79 Å². The summed E-state index contributed by atoms with van der Waals surface area (Å²) in [5.74, 6) is -0.450. The topological polar surface area (TPSA) is 72.6 Å². The van der Waals surface area contributed by atoms with Gasteiger partial charge in [0.15, 0.2) is 0 Å². The number of hydrogen-bond donors (Lipinski definition) is 1. The molecule has 23 heavy (non-hydrogen) atoms. The van der Waals surface area contributed by atoms with Crippen molar-refractivity contribution in [3.05, 3.63) is 30.3 Å². The minimum atomic E-state index is -0.887. The van der Waals surface area contributed by atoms with Gasteiger partial charge in [-0.3, -0.25) is 9.69 Å². The Labute approximate surface area is 138 Å². The van der Waals surface area contributed by atoms with Crippen LogP contribution in [0.15, 0.2) is 30.3 Å². The summed E-state index contributed by atoms with van der Waals surface area (Å²) >= 11 is 0. The van der Waals surface area contributed by atoms with Gasteiger partial charge in [-0.15, -0.1) is 0 Å². The zero-order valence-electron chi connectivity index (χ0n) is 14.9. The third kappa shape index (κ3) is 4.71. The maximum absolute atomic E-state index is 12.8. The summed E-state index contributed by atoms with van der Waals surface area (Å²) in [5, 5.41) is 0. The lowest BCUT2D eigenvalue weighted by molar-refractivity contribution is -0.127. The predicted molar refractivity (Wildman–Crippen MR) is 92.2 cm³/mol. The first-order valence-electron chi connectivity index (χ1n) is 7.88. The van der Waals surface area contributed by atoms with Gasteiger partial charge in [0.25, 0.3) is 0 Å². The van der Waals surface area contributed by atoms with Crippen molar-refractivity contribution in [1.29, 1.82) is 0 Å². The third-order valence-electron chi connectivity index (χ3n) is 3.79. The van der Waals surface area contributed by atoms with Gasteiger partial charge >= 0.3 is 6.09 Å². The minimum Gasteiger partial charge on any atom is -0.443 e. The van der Waals surface area contributed by atoms with E-state index in [1.807, 2.05) is 58.0 Å². The molecule has 1 rings (SSSR count). The van der Waals surface area contributed by atoms with Crippen LogP contribution in [0.4, 0.5) is 10.5 Å². The molecule has 2 amide bonds. The average Bonchev–Trinajstić information content (AvgIpc) is 2.42. The highest BCUT2D eigenvalue weighted by molar-refractivity contribution is 5.91. The molecule has 0 spiro atoms. The number of amides is 2. The molecule has 0 saturated carbocycles. The molecule has 5 nitrogen and oxygen atoms in total. The van der Waals surface area contributed by atoms with Gasteiger partial charge in [-0.1, -0.05) is 25.1 Å². The second kappa shape index (κ2) is 7.02. The van der Waals surface area contributed by atoms with Crippen LogP contribution in [0.3, 0.4) is 0 Å². The Morgan fingerprint density at radius 1 is 1.13 bits per heavy atom. The van der Waals surface area contributed by atoms with Crippen LogP contribution in [0.1, 0.15) is 48.0 Å². The minimum absolute atomic E-state index is 0.405. The molecule has 0 aliphatic carbocycles. The highest BCUT2D eigenvalue weighted by Crippen LogP contribution is 2.32. The Hall–Kier alpha value is -2.04. The molecule has 0 bridgehead atoms. The van der Waals surface area contributed by atoms with Crippen molar-refractivity contribution in [1.82, 2.24) is 0 Å². The van der Waals surface area contributed by atoms with Gasteiger partial charge in [-0.2, -0.15) is 0 Å². The summed E-state index contributed by atoms with van der Waals surface area (Å²) in [6.45, 7) is 10.9. The van der Waals surface area contributed by atoms with Crippen molar-refractivity contribution in [2.75, 3.05) is 4.90 Å². The van der Waals surface area contributed by atoms with Gasteiger partial charge in [-0.05, 0) is 53.2 Å². The number of benzene rings is 1. The van der Waals surface area contributed by atoms with Crippen molar-refractivity contribution in [3.63, 3.8) is 0 Å². The summed E-state index contributed by atoms with van der Waals surface area (Å²) < 4.78 is 5.55. The fourth-order valence-electron chi connectivity index (χ4n) is 2.49. The molecule has 0 heterocycles. The van der Waals surface area contributed by atoms with Crippen LogP contribution in [0.25, 0.3) is 0 Å². The summed E-state index contributed by atoms with van der Waals surface area (Å²) in [7, 11) is 0. The van der Waals surface area contributed by atoms with Gasteiger partial charge in [0, 0.05) is 5.69 Å². The first-order valence-corrected chi connectivity index (χ1v) is 7.88. The molecule has 0 aromatic heterocycles. The molecule has 0 saturated heterocycles. The van der Waals surface area contributed by atoms with Gasteiger partial charge < -0.3 is 10.5 Å². The van der Waals surface area contributed by atoms with E-state index < -0.39 is 29.1 Å². The summed E-state index contributed by atoms with van der Waals surface area (Å²) in [5.41, 5.74) is 4.74. The van der Waals surface area contributed by atoms with Crippen molar-refractivity contribution < 1.29 is 14.3 Å². The molecule has 5 heteroatoms. The van der Waals surface area contributed by atoms with E-state index in [2.05, 4.69) is 0 Å². The molecule has 2 N–H and O–H groups in total. The van der Waals surface area contributed by atoms with E-state index in [0.29, 0.717) is 12.1 Å². The maximum Gasteiger partial charge on any atom is 0.415 e. The fraction of sp³-hybridized carbons (Fsp3) is 0.556. The van der Waals surface area contributed by atoms with Crippen LogP contribution in [0, 0.1) is 5.41 Å². The lowest BCUT2D eigenvalue weighted by Crippen LogP contribution is -2.54. The molecular weight excluding hydrogens is 292 g/mol. The molecule has 1 atom stereocenters. The van der Waals surface area contributed by atoms with Crippen molar-refractivity contribution >= 4 is 17.7 Å². The molecule has 128 valence electrons. The van der Waals surface area contributed by atoms with Crippen LogP contribution >= 0.6 is 0 Å². The van der Waals surface area contributed by atoms with E-state index in [0.717, 1.165) is 0 Å². The number of hydrogen-bond acceptors (Lipinski definition) is 3. The first kappa shape index (κ1) is 19.0. The van der Waals surface area contributed by atoms with Crippen LogP contribution in [0.2, 0.25) is 0 Å².